The van der Waals surface area contributed by atoms with Crippen molar-refractivity contribution < 1.29 is 19.1 Å². The summed E-state index contributed by atoms with van der Waals surface area (Å²) in [5.74, 6) is 2.73. The minimum Gasteiger partial charge on any atom is -0.486 e. The van der Waals surface area contributed by atoms with E-state index in [9.17, 15) is 9.59 Å². The van der Waals surface area contributed by atoms with Crippen molar-refractivity contribution in [1.29, 1.82) is 0 Å². The van der Waals surface area contributed by atoms with Crippen LogP contribution in [0.25, 0.3) is 11.0 Å². The summed E-state index contributed by atoms with van der Waals surface area (Å²) >= 11 is 1.04. The number of carbonyl (C=O) groups is 2. The van der Waals surface area contributed by atoms with Crippen molar-refractivity contribution >= 4 is 39.6 Å². The number of nitrogens with one attached hydrogen (secondary N) is 2. The van der Waals surface area contributed by atoms with E-state index in [2.05, 4.69) is 24.5 Å². The summed E-state index contributed by atoms with van der Waals surface area (Å²) in [6.45, 7) is 6.29. The number of nitrogens with zero attached hydrogens (tertiary/aromatic N) is 2. The first-order chi connectivity index (χ1) is 18.2. The largest absolute Gasteiger partial charge is 0.486 e. The summed E-state index contributed by atoms with van der Waals surface area (Å²) in [6, 6.07) is 21.7. The van der Waals surface area contributed by atoms with Crippen LogP contribution in [0.3, 0.4) is 0 Å². The molecule has 0 unspecified atom stereocenters. The van der Waals surface area contributed by atoms with Crippen molar-refractivity contribution in [1.82, 2.24) is 14.9 Å². The van der Waals surface area contributed by atoms with Gasteiger partial charge in [0.05, 0.1) is 11.0 Å². The number of amides is 2. The molecule has 1 atom stereocenters. The third-order valence-electron chi connectivity index (χ3n) is 6.34. The maximum atomic E-state index is 12.1. The number of aromatic nitrogens is 2. The van der Waals surface area contributed by atoms with E-state index < -0.39 is 4.75 Å². The summed E-state index contributed by atoms with van der Waals surface area (Å²) in [5.41, 5.74) is 3.82. The minimum atomic E-state index is -0.788. The van der Waals surface area contributed by atoms with E-state index in [-0.39, 0.29) is 11.1 Å². The van der Waals surface area contributed by atoms with Gasteiger partial charge in [-0.2, -0.15) is 0 Å². The van der Waals surface area contributed by atoms with Crippen LogP contribution in [-0.2, 0) is 24.9 Å². The first-order valence-electron chi connectivity index (χ1n) is 12.4. The smallest absolute Gasteiger partial charge is 0.286 e. The average Bonchev–Trinajstić information content (AvgIpc) is 3.32. The molecule has 1 aliphatic heterocycles. The number of imide groups is 1. The van der Waals surface area contributed by atoms with Gasteiger partial charge in [-0.1, -0.05) is 12.1 Å². The number of anilines is 1. The van der Waals surface area contributed by atoms with Gasteiger partial charge in [0.1, 0.15) is 34.4 Å². The summed E-state index contributed by atoms with van der Waals surface area (Å²) in [7, 11) is 1.96. The lowest BCUT2D eigenvalue weighted by molar-refractivity contribution is -0.121. The van der Waals surface area contributed by atoms with Crippen molar-refractivity contribution in [2.24, 2.45) is 7.05 Å². The highest BCUT2D eigenvalue weighted by molar-refractivity contribution is 8.16. The Bertz CT molecular complexity index is 1480. The SMILES string of the molecule is CC(C)Nc1ccc(Oc2ccc3nc(COc4ccc(C[C@@]5(C)SC(=O)NC5=O)cc4)n(C)c3c2)cc1. The molecule has 4 aromatic rings. The zero-order chi connectivity index (χ0) is 26.9. The number of hydrogen-bond donors (Lipinski definition) is 2. The molecule has 0 bridgehead atoms. The molecule has 2 amide bonds. The molecule has 1 aromatic heterocycles. The fourth-order valence-electron chi connectivity index (χ4n) is 4.36. The van der Waals surface area contributed by atoms with Gasteiger partial charge in [-0.15, -0.1) is 0 Å². The van der Waals surface area contributed by atoms with Gasteiger partial charge in [0.2, 0.25) is 5.91 Å². The fraction of sp³-hybridized carbons (Fsp3) is 0.276. The van der Waals surface area contributed by atoms with Crippen LogP contribution in [0.15, 0.2) is 66.7 Å². The van der Waals surface area contributed by atoms with E-state index in [0.29, 0.717) is 24.8 Å². The Labute approximate surface area is 225 Å². The van der Waals surface area contributed by atoms with Crippen molar-refractivity contribution in [3.63, 3.8) is 0 Å². The predicted octanol–water partition coefficient (Wildman–Crippen LogP) is 6.05. The predicted molar refractivity (Wildman–Crippen MR) is 150 cm³/mol. The molecule has 2 heterocycles. The summed E-state index contributed by atoms with van der Waals surface area (Å²) in [5, 5.41) is 5.43. The Morgan fingerprint density at radius 3 is 2.34 bits per heavy atom. The Morgan fingerprint density at radius 2 is 1.68 bits per heavy atom. The molecule has 9 heteroatoms. The zero-order valence-electron chi connectivity index (χ0n) is 21.8. The Balaban J connectivity index is 1.22. The van der Waals surface area contributed by atoms with E-state index in [1.165, 1.54) is 0 Å². The number of hydrogen-bond acceptors (Lipinski definition) is 7. The monoisotopic (exact) mass is 530 g/mol. The highest BCUT2D eigenvalue weighted by atomic mass is 32.2. The first-order valence-corrected chi connectivity index (χ1v) is 13.3. The molecule has 196 valence electrons. The molecule has 5 rings (SSSR count). The molecule has 0 radical (unpaired) electrons. The third-order valence-corrected chi connectivity index (χ3v) is 7.40. The second-order valence-electron chi connectivity index (χ2n) is 9.85. The number of thioether (sulfide) groups is 1. The highest BCUT2D eigenvalue weighted by Crippen LogP contribution is 2.35. The van der Waals surface area contributed by atoms with Crippen LogP contribution < -0.4 is 20.1 Å². The van der Waals surface area contributed by atoms with Gasteiger partial charge in [0, 0.05) is 24.8 Å². The molecule has 38 heavy (non-hydrogen) atoms. The van der Waals surface area contributed by atoms with Gasteiger partial charge >= 0.3 is 0 Å². The zero-order valence-corrected chi connectivity index (χ0v) is 22.6. The normalized spacial score (nSPS) is 17.2. The minimum absolute atomic E-state index is 0.250. The molecule has 0 spiro atoms. The number of aryl methyl sites for hydroxylation is 1. The molecule has 0 saturated carbocycles. The van der Waals surface area contributed by atoms with Gasteiger partial charge in [-0.25, -0.2) is 4.98 Å². The van der Waals surface area contributed by atoms with Gasteiger partial charge in [-0.05, 0) is 93.0 Å². The quantitative estimate of drug-likeness (QED) is 0.272. The van der Waals surface area contributed by atoms with E-state index in [1.54, 1.807) is 6.92 Å². The van der Waals surface area contributed by atoms with Crippen molar-refractivity contribution in [3.05, 3.63) is 78.1 Å². The summed E-state index contributed by atoms with van der Waals surface area (Å²) in [6.07, 6.45) is 0.462. The molecule has 3 aromatic carbocycles. The van der Waals surface area contributed by atoms with Crippen molar-refractivity contribution in [3.8, 4) is 17.2 Å². The average molecular weight is 531 g/mol. The number of benzene rings is 3. The van der Waals surface area contributed by atoms with Crippen LogP contribution in [0, 0.1) is 0 Å². The Morgan fingerprint density at radius 1 is 1.00 bits per heavy atom. The van der Waals surface area contributed by atoms with Crippen molar-refractivity contribution in [2.75, 3.05) is 5.32 Å². The van der Waals surface area contributed by atoms with Gasteiger partial charge in [0.25, 0.3) is 5.24 Å². The molecule has 1 aliphatic rings. The van der Waals surface area contributed by atoms with Crippen LogP contribution >= 0.6 is 11.8 Å². The van der Waals surface area contributed by atoms with E-state index in [0.717, 1.165) is 51.4 Å². The van der Waals surface area contributed by atoms with Gasteiger partial charge in [-0.3, -0.25) is 14.9 Å². The molecule has 1 fully saturated rings. The fourth-order valence-corrected chi connectivity index (χ4v) is 5.29. The number of imidazole rings is 1. The summed E-state index contributed by atoms with van der Waals surface area (Å²) < 4.78 is 13.3. The van der Waals surface area contributed by atoms with Gasteiger partial charge in [0.15, 0.2) is 0 Å². The number of rotatable bonds is 9. The topological polar surface area (TPSA) is 94.5 Å². The van der Waals surface area contributed by atoms with E-state index in [4.69, 9.17) is 14.5 Å². The Hall–Kier alpha value is -3.98. The molecule has 1 saturated heterocycles. The molecule has 0 aliphatic carbocycles. The first kappa shape index (κ1) is 25.7. The Kier molecular flexibility index (Phi) is 7.03. The van der Waals surface area contributed by atoms with Crippen LogP contribution in [0.1, 0.15) is 32.2 Å². The molecular formula is C29H30N4O4S. The maximum absolute atomic E-state index is 12.1. The van der Waals surface area contributed by atoms with Crippen LogP contribution in [0.2, 0.25) is 0 Å². The van der Waals surface area contributed by atoms with Crippen molar-refractivity contribution in [2.45, 2.75) is 44.6 Å². The van der Waals surface area contributed by atoms with Gasteiger partial charge < -0.3 is 19.4 Å². The van der Waals surface area contributed by atoms with Crippen LogP contribution in [0.4, 0.5) is 10.5 Å². The number of carbonyl (C=O) groups excluding carboxylic acids is 2. The third kappa shape index (κ3) is 5.62. The molecule has 8 nitrogen and oxygen atoms in total. The van der Waals surface area contributed by atoms with Crippen LogP contribution in [0.5, 0.6) is 17.2 Å². The lowest BCUT2D eigenvalue weighted by atomic mass is 9.99. The standard InChI is InChI=1S/C29H30N4O4S/c1-18(2)30-20-7-11-22(12-8-20)37-23-13-14-24-25(15-23)33(4)26(31-24)17-36-21-9-5-19(6-10-21)16-29(3)27(34)32-28(35)38-29/h5-15,18,30H,16-17H2,1-4H3,(H,32,34,35)/t29-/m1/s1. The van der Waals surface area contributed by atoms with Crippen LogP contribution in [-0.4, -0.2) is 31.5 Å². The molecule has 2 N–H and O–H groups in total. The number of ether oxygens (including phenoxy) is 2. The van der Waals surface area contributed by atoms with E-state index >= 15 is 0 Å². The number of fused-ring (bicyclic) bond motifs is 1. The maximum Gasteiger partial charge on any atom is 0.286 e. The lowest BCUT2D eigenvalue weighted by Gasteiger charge is -2.18. The second kappa shape index (κ2) is 10.4. The second-order valence-corrected chi connectivity index (χ2v) is 11.3. The summed E-state index contributed by atoms with van der Waals surface area (Å²) in [4.78, 5) is 28.4. The van der Waals surface area contributed by atoms with E-state index in [1.807, 2.05) is 78.3 Å². The molecular weight excluding hydrogens is 500 g/mol. The lowest BCUT2D eigenvalue weighted by Crippen LogP contribution is -2.35. The highest BCUT2D eigenvalue weighted by Gasteiger charge is 2.43.